The summed E-state index contributed by atoms with van der Waals surface area (Å²) in [5.41, 5.74) is 4.11. The Morgan fingerprint density at radius 3 is 2.60 bits per heavy atom. The molecule has 5 nitrogen and oxygen atoms in total. The number of benzene rings is 1. The zero-order valence-corrected chi connectivity index (χ0v) is 14.5. The molecule has 0 radical (unpaired) electrons. The molecule has 0 saturated carbocycles. The van der Waals surface area contributed by atoms with Crippen molar-refractivity contribution in [2.24, 2.45) is 0 Å². The van der Waals surface area contributed by atoms with Gasteiger partial charge in [0.05, 0.1) is 18.1 Å². The van der Waals surface area contributed by atoms with Gasteiger partial charge in [0, 0.05) is 5.69 Å². The molecule has 128 valence electrons. The fourth-order valence-electron chi connectivity index (χ4n) is 2.61. The fourth-order valence-corrected chi connectivity index (χ4v) is 2.61. The summed E-state index contributed by atoms with van der Waals surface area (Å²) in [7, 11) is 0. The molecule has 2 N–H and O–H groups in total. The normalized spacial score (nSPS) is 10.7. The van der Waals surface area contributed by atoms with Crippen LogP contribution in [0.25, 0.3) is 0 Å². The van der Waals surface area contributed by atoms with Crippen molar-refractivity contribution in [3.63, 3.8) is 0 Å². The molecule has 2 aromatic heterocycles. The lowest BCUT2D eigenvalue weighted by Crippen LogP contribution is -2.11. The number of hydrogen-bond acceptors (Lipinski definition) is 4. The minimum absolute atomic E-state index is 0.267. The van der Waals surface area contributed by atoms with Crippen molar-refractivity contribution in [2.75, 3.05) is 10.6 Å². The van der Waals surface area contributed by atoms with E-state index in [1.54, 1.807) is 18.3 Å². The standard InChI is InChI=1S/C20H21N3O2/c1-13(2)16-7-4-6-14(3)19(16)23-18-10-9-15(12-21-18)22-20(24)17-8-5-11-25-17/h4-13H,1-3H3,(H,21,23)(H,22,24). The van der Waals surface area contributed by atoms with Gasteiger partial charge >= 0.3 is 0 Å². The number of anilines is 3. The molecule has 25 heavy (non-hydrogen) atoms. The quantitative estimate of drug-likeness (QED) is 0.680. The summed E-state index contributed by atoms with van der Waals surface area (Å²) in [4.78, 5) is 16.4. The fraction of sp³-hybridized carbons (Fsp3) is 0.200. The van der Waals surface area contributed by atoms with Crippen molar-refractivity contribution in [3.8, 4) is 0 Å². The molecule has 0 aliphatic heterocycles. The van der Waals surface area contributed by atoms with Crippen LogP contribution in [0.4, 0.5) is 17.2 Å². The van der Waals surface area contributed by atoms with Crippen molar-refractivity contribution in [1.82, 2.24) is 4.98 Å². The minimum atomic E-state index is -0.298. The number of furan rings is 1. The Kier molecular flexibility index (Phi) is 4.84. The molecule has 0 unspecified atom stereocenters. The third-order valence-corrected chi connectivity index (χ3v) is 3.95. The van der Waals surface area contributed by atoms with Crippen LogP contribution in [0, 0.1) is 6.92 Å². The number of aryl methyl sites for hydroxylation is 1. The Morgan fingerprint density at radius 1 is 1.12 bits per heavy atom. The van der Waals surface area contributed by atoms with Gasteiger partial charge in [0.25, 0.3) is 5.91 Å². The number of nitrogens with zero attached hydrogens (tertiary/aromatic N) is 1. The zero-order chi connectivity index (χ0) is 17.8. The molecule has 3 rings (SSSR count). The number of nitrogens with one attached hydrogen (secondary N) is 2. The number of carbonyl (C=O) groups excluding carboxylic acids is 1. The number of hydrogen-bond donors (Lipinski definition) is 2. The van der Waals surface area contributed by atoms with Gasteiger partial charge < -0.3 is 15.1 Å². The van der Waals surface area contributed by atoms with E-state index in [1.165, 1.54) is 17.4 Å². The number of pyridine rings is 1. The smallest absolute Gasteiger partial charge is 0.291 e. The second kappa shape index (κ2) is 7.21. The van der Waals surface area contributed by atoms with E-state index in [0.717, 1.165) is 11.5 Å². The van der Waals surface area contributed by atoms with Crippen LogP contribution in [-0.4, -0.2) is 10.9 Å². The molecule has 0 aliphatic carbocycles. The monoisotopic (exact) mass is 335 g/mol. The highest BCUT2D eigenvalue weighted by Crippen LogP contribution is 2.29. The SMILES string of the molecule is Cc1cccc(C(C)C)c1Nc1ccc(NC(=O)c2ccco2)cn1. The van der Waals surface area contributed by atoms with Crippen LogP contribution in [0.1, 0.15) is 41.4 Å². The molecule has 2 heterocycles. The highest BCUT2D eigenvalue weighted by Gasteiger charge is 2.11. The van der Waals surface area contributed by atoms with Crippen LogP contribution >= 0.6 is 0 Å². The lowest BCUT2D eigenvalue weighted by atomic mass is 9.98. The molecule has 5 heteroatoms. The second-order valence-electron chi connectivity index (χ2n) is 6.18. The van der Waals surface area contributed by atoms with E-state index in [0.29, 0.717) is 11.6 Å². The molecular weight excluding hydrogens is 314 g/mol. The summed E-state index contributed by atoms with van der Waals surface area (Å²) in [5.74, 6) is 1.11. The van der Waals surface area contributed by atoms with E-state index in [2.05, 4.69) is 54.6 Å². The maximum absolute atomic E-state index is 12.0. The summed E-state index contributed by atoms with van der Waals surface area (Å²) in [6.45, 7) is 6.41. The average Bonchev–Trinajstić information content (AvgIpc) is 3.13. The molecule has 0 atom stereocenters. The first-order chi connectivity index (χ1) is 12.0. The molecule has 0 fully saturated rings. The number of rotatable bonds is 5. The molecule has 0 spiro atoms. The van der Waals surface area contributed by atoms with Crippen LogP contribution in [0.3, 0.4) is 0 Å². The van der Waals surface area contributed by atoms with Gasteiger partial charge in [-0.25, -0.2) is 4.98 Å². The van der Waals surface area contributed by atoms with E-state index in [-0.39, 0.29) is 11.7 Å². The molecular formula is C20H21N3O2. The van der Waals surface area contributed by atoms with Gasteiger partial charge in [-0.2, -0.15) is 0 Å². The number of amides is 1. The van der Waals surface area contributed by atoms with E-state index in [1.807, 2.05) is 12.1 Å². The van der Waals surface area contributed by atoms with Crippen LogP contribution in [0.5, 0.6) is 0 Å². The van der Waals surface area contributed by atoms with E-state index >= 15 is 0 Å². The maximum atomic E-state index is 12.0. The van der Waals surface area contributed by atoms with Gasteiger partial charge in [0.1, 0.15) is 5.82 Å². The molecule has 3 aromatic rings. The number of aromatic nitrogens is 1. The van der Waals surface area contributed by atoms with Crippen molar-refractivity contribution < 1.29 is 9.21 Å². The molecule has 0 saturated heterocycles. The summed E-state index contributed by atoms with van der Waals surface area (Å²) in [5, 5.41) is 6.14. The predicted molar refractivity (Wildman–Crippen MR) is 99.4 cm³/mol. The van der Waals surface area contributed by atoms with Gasteiger partial charge in [0.2, 0.25) is 0 Å². The summed E-state index contributed by atoms with van der Waals surface area (Å²) >= 11 is 0. The zero-order valence-electron chi connectivity index (χ0n) is 14.5. The Balaban J connectivity index is 1.74. The molecule has 0 bridgehead atoms. The van der Waals surface area contributed by atoms with Gasteiger partial charge in [-0.3, -0.25) is 4.79 Å². The van der Waals surface area contributed by atoms with Crippen molar-refractivity contribution in [2.45, 2.75) is 26.7 Å². The lowest BCUT2D eigenvalue weighted by molar-refractivity contribution is 0.0996. The molecule has 1 aromatic carbocycles. The Morgan fingerprint density at radius 2 is 1.96 bits per heavy atom. The van der Waals surface area contributed by atoms with E-state index in [9.17, 15) is 4.79 Å². The first-order valence-electron chi connectivity index (χ1n) is 8.22. The van der Waals surface area contributed by atoms with Crippen molar-refractivity contribution in [1.29, 1.82) is 0 Å². The predicted octanol–water partition coefficient (Wildman–Crippen LogP) is 5.10. The molecule has 0 aliphatic rings. The first-order valence-corrected chi connectivity index (χ1v) is 8.22. The van der Waals surface area contributed by atoms with Crippen molar-refractivity contribution in [3.05, 3.63) is 71.8 Å². The van der Waals surface area contributed by atoms with Crippen LogP contribution in [-0.2, 0) is 0 Å². The largest absolute Gasteiger partial charge is 0.459 e. The maximum Gasteiger partial charge on any atom is 0.291 e. The third kappa shape index (κ3) is 3.88. The van der Waals surface area contributed by atoms with Crippen molar-refractivity contribution >= 4 is 23.1 Å². The topological polar surface area (TPSA) is 67.2 Å². The van der Waals surface area contributed by atoms with Gasteiger partial charge in [0.15, 0.2) is 5.76 Å². The highest BCUT2D eigenvalue weighted by atomic mass is 16.3. The van der Waals surface area contributed by atoms with Gasteiger partial charge in [-0.05, 0) is 48.2 Å². The minimum Gasteiger partial charge on any atom is -0.459 e. The van der Waals surface area contributed by atoms with Crippen LogP contribution in [0.15, 0.2) is 59.3 Å². The Hall–Kier alpha value is -3.08. The van der Waals surface area contributed by atoms with Gasteiger partial charge in [-0.15, -0.1) is 0 Å². The summed E-state index contributed by atoms with van der Waals surface area (Å²) in [6, 6.07) is 13.2. The number of carbonyl (C=O) groups is 1. The Bertz CT molecular complexity index is 853. The Labute approximate surface area is 147 Å². The lowest BCUT2D eigenvalue weighted by Gasteiger charge is -2.17. The van der Waals surface area contributed by atoms with Crippen LogP contribution < -0.4 is 10.6 Å². The summed E-state index contributed by atoms with van der Waals surface area (Å²) in [6.07, 6.45) is 3.09. The van der Waals surface area contributed by atoms with Gasteiger partial charge in [-0.1, -0.05) is 32.0 Å². The molecule has 1 amide bonds. The highest BCUT2D eigenvalue weighted by molar-refractivity contribution is 6.02. The van der Waals surface area contributed by atoms with Crippen LogP contribution in [0.2, 0.25) is 0 Å². The first kappa shape index (κ1) is 16.8. The summed E-state index contributed by atoms with van der Waals surface area (Å²) < 4.78 is 5.07. The average molecular weight is 335 g/mol. The van der Waals surface area contributed by atoms with E-state index < -0.39 is 0 Å². The number of para-hydroxylation sites is 1. The van der Waals surface area contributed by atoms with E-state index in [4.69, 9.17) is 4.42 Å². The third-order valence-electron chi connectivity index (χ3n) is 3.95. The second-order valence-corrected chi connectivity index (χ2v) is 6.18.